The van der Waals surface area contributed by atoms with Gasteiger partial charge in [-0.3, -0.25) is 4.90 Å². The molecule has 0 radical (unpaired) electrons. The summed E-state index contributed by atoms with van der Waals surface area (Å²) in [5.41, 5.74) is 1.10. The van der Waals surface area contributed by atoms with E-state index < -0.39 is 0 Å². The summed E-state index contributed by atoms with van der Waals surface area (Å²) in [6.45, 7) is 10.9. The summed E-state index contributed by atoms with van der Waals surface area (Å²) in [6.07, 6.45) is 3.58. The number of nitrogens with zero attached hydrogens (tertiary/aromatic N) is 4. The molecule has 1 aliphatic heterocycles. The van der Waals surface area contributed by atoms with E-state index in [0.717, 1.165) is 50.4 Å². The third-order valence-electron chi connectivity index (χ3n) is 3.84. The Balaban J connectivity index is 2.20. The molecule has 2 rings (SSSR count). The molecule has 1 aromatic heterocycles. The molecule has 4 nitrogen and oxygen atoms in total. The molecule has 5 heteroatoms. The minimum atomic E-state index is 0.557. The quantitative estimate of drug-likeness (QED) is 0.795. The van der Waals surface area contributed by atoms with Gasteiger partial charge in [0.05, 0.1) is 0 Å². The Morgan fingerprint density at radius 2 is 2.11 bits per heavy atom. The zero-order chi connectivity index (χ0) is 13.8. The van der Waals surface area contributed by atoms with Gasteiger partial charge in [-0.15, -0.1) is 0 Å². The fraction of sp³-hybridized carbons (Fsp3) is 0.714. The van der Waals surface area contributed by atoms with Crippen molar-refractivity contribution >= 4 is 17.4 Å². The molecule has 0 saturated carbocycles. The van der Waals surface area contributed by atoms with Crippen LogP contribution >= 0.6 is 11.6 Å². The van der Waals surface area contributed by atoms with E-state index in [2.05, 4.69) is 40.5 Å². The van der Waals surface area contributed by atoms with Crippen molar-refractivity contribution in [2.45, 2.75) is 39.7 Å². The number of hydrogen-bond donors (Lipinski definition) is 0. The van der Waals surface area contributed by atoms with Crippen LogP contribution in [0.1, 0.15) is 32.8 Å². The van der Waals surface area contributed by atoms with E-state index in [0.29, 0.717) is 11.2 Å². The largest absolute Gasteiger partial charge is 0.353 e. The summed E-state index contributed by atoms with van der Waals surface area (Å²) in [7, 11) is 0. The Hall–Kier alpha value is -0.870. The predicted octanol–water partition coefficient (Wildman–Crippen LogP) is 2.61. The SMILES string of the molecule is CCCc1c(Cl)ncnc1N1CCN(CC)C(C)C1. The number of halogens is 1. The number of likely N-dealkylation sites (N-methyl/N-ethyl adjacent to an activating group) is 1. The zero-order valence-corrected chi connectivity index (χ0v) is 12.8. The van der Waals surface area contributed by atoms with Crippen molar-refractivity contribution < 1.29 is 0 Å². The number of piperazine rings is 1. The molecule has 1 aliphatic rings. The average Bonchev–Trinajstić information content (AvgIpc) is 2.41. The molecule has 2 heterocycles. The van der Waals surface area contributed by atoms with E-state index in [4.69, 9.17) is 11.6 Å². The van der Waals surface area contributed by atoms with Crippen molar-refractivity contribution in [1.82, 2.24) is 14.9 Å². The number of hydrogen-bond acceptors (Lipinski definition) is 4. The smallest absolute Gasteiger partial charge is 0.137 e. The molecule has 0 N–H and O–H groups in total. The summed E-state index contributed by atoms with van der Waals surface area (Å²) in [6, 6.07) is 0.557. The van der Waals surface area contributed by atoms with Gasteiger partial charge in [0.1, 0.15) is 17.3 Å². The molecule has 0 amide bonds. The second kappa shape index (κ2) is 6.53. The average molecular weight is 283 g/mol. The Bertz CT molecular complexity index is 424. The second-order valence-electron chi connectivity index (χ2n) is 5.14. The Morgan fingerprint density at radius 3 is 2.74 bits per heavy atom. The van der Waals surface area contributed by atoms with Gasteiger partial charge in [-0.05, 0) is 19.9 Å². The first-order chi connectivity index (χ1) is 9.17. The molecule has 19 heavy (non-hydrogen) atoms. The summed E-state index contributed by atoms with van der Waals surface area (Å²) in [5.74, 6) is 1.03. The lowest BCUT2D eigenvalue weighted by Crippen LogP contribution is -2.52. The summed E-state index contributed by atoms with van der Waals surface area (Å²) >= 11 is 6.23. The van der Waals surface area contributed by atoms with Gasteiger partial charge in [-0.2, -0.15) is 0 Å². The van der Waals surface area contributed by atoms with Crippen LogP contribution in [0.2, 0.25) is 5.15 Å². The zero-order valence-electron chi connectivity index (χ0n) is 12.1. The fourth-order valence-corrected chi connectivity index (χ4v) is 3.00. The lowest BCUT2D eigenvalue weighted by atomic mass is 10.1. The van der Waals surface area contributed by atoms with Crippen LogP contribution in [-0.2, 0) is 6.42 Å². The van der Waals surface area contributed by atoms with Gasteiger partial charge in [0.25, 0.3) is 0 Å². The van der Waals surface area contributed by atoms with Crippen molar-refractivity contribution in [3.63, 3.8) is 0 Å². The molecule has 1 saturated heterocycles. The maximum Gasteiger partial charge on any atom is 0.137 e. The van der Waals surface area contributed by atoms with Crippen molar-refractivity contribution in [3.8, 4) is 0 Å². The fourth-order valence-electron chi connectivity index (χ4n) is 2.78. The van der Waals surface area contributed by atoms with Crippen LogP contribution in [0, 0.1) is 0 Å². The van der Waals surface area contributed by atoms with Crippen LogP contribution in [-0.4, -0.2) is 47.1 Å². The highest BCUT2D eigenvalue weighted by molar-refractivity contribution is 6.30. The van der Waals surface area contributed by atoms with Crippen LogP contribution in [0.5, 0.6) is 0 Å². The van der Waals surface area contributed by atoms with Crippen LogP contribution in [0.4, 0.5) is 5.82 Å². The molecule has 1 unspecified atom stereocenters. The third kappa shape index (κ3) is 3.18. The van der Waals surface area contributed by atoms with Crippen LogP contribution in [0.25, 0.3) is 0 Å². The normalized spacial score (nSPS) is 20.8. The maximum absolute atomic E-state index is 6.23. The second-order valence-corrected chi connectivity index (χ2v) is 5.50. The molecular formula is C14H23ClN4. The minimum Gasteiger partial charge on any atom is -0.353 e. The van der Waals surface area contributed by atoms with Crippen molar-refractivity contribution in [1.29, 1.82) is 0 Å². The summed E-state index contributed by atoms with van der Waals surface area (Å²) in [4.78, 5) is 13.5. The Labute approximate surface area is 120 Å². The number of anilines is 1. The van der Waals surface area contributed by atoms with Gasteiger partial charge in [0.15, 0.2) is 0 Å². The van der Waals surface area contributed by atoms with Crippen molar-refractivity contribution in [2.24, 2.45) is 0 Å². The Kier molecular flexibility index (Phi) is 4.99. The third-order valence-corrected chi connectivity index (χ3v) is 4.17. The first-order valence-electron chi connectivity index (χ1n) is 7.15. The first-order valence-corrected chi connectivity index (χ1v) is 7.53. The highest BCUT2D eigenvalue weighted by Crippen LogP contribution is 2.26. The first kappa shape index (κ1) is 14.5. The molecule has 0 aromatic carbocycles. The number of aromatic nitrogens is 2. The highest BCUT2D eigenvalue weighted by Gasteiger charge is 2.25. The van der Waals surface area contributed by atoms with Gasteiger partial charge in [-0.25, -0.2) is 9.97 Å². The predicted molar refractivity (Wildman–Crippen MR) is 80.0 cm³/mol. The lowest BCUT2D eigenvalue weighted by molar-refractivity contribution is 0.199. The van der Waals surface area contributed by atoms with Crippen LogP contribution < -0.4 is 4.90 Å². The lowest BCUT2D eigenvalue weighted by Gasteiger charge is -2.40. The topological polar surface area (TPSA) is 32.3 Å². The van der Waals surface area contributed by atoms with E-state index in [-0.39, 0.29) is 0 Å². The van der Waals surface area contributed by atoms with E-state index in [9.17, 15) is 0 Å². The molecule has 1 aromatic rings. The van der Waals surface area contributed by atoms with E-state index >= 15 is 0 Å². The van der Waals surface area contributed by atoms with Gasteiger partial charge in [-0.1, -0.05) is 31.9 Å². The molecule has 1 atom stereocenters. The summed E-state index contributed by atoms with van der Waals surface area (Å²) in [5, 5.41) is 0.609. The van der Waals surface area contributed by atoms with Gasteiger partial charge >= 0.3 is 0 Å². The molecule has 106 valence electrons. The van der Waals surface area contributed by atoms with E-state index in [1.807, 2.05) is 0 Å². The van der Waals surface area contributed by atoms with Crippen LogP contribution in [0.3, 0.4) is 0 Å². The minimum absolute atomic E-state index is 0.557. The standard InChI is InChI=1S/C14H23ClN4/c1-4-6-12-13(15)16-10-17-14(12)19-8-7-18(5-2)11(3)9-19/h10-11H,4-9H2,1-3H3. The van der Waals surface area contributed by atoms with Gasteiger partial charge in [0.2, 0.25) is 0 Å². The Morgan fingerprint density at radius 1 is 1.32 bits per heavy atom. The number of rotatable bonds is 4. The highest BCUT2D eigenvalue weighted by atomic mass is 35.5. The molecular weight excluding hydrogens is 260 g/mol. The molecule has 0 spiro atoms. The van der Waals surface area contributed by atoms with Crippen LogP contribution in [0.15, 0.2) is 6.33 Å². The monoisotopic (exact) mass is 282 g/mol. The molecule has 1 fully saturated rings. The van der Waals surface area contributed by atoms with E-state index in [1.165, 1.54) is 0 Å². The van der Waals surface area contributed by atoms with E-state index in [1.54, 1.807) is 6.33 Å². The van der Waals surface area contributed by atoms with Crippen molar-refractivity contribution in [2.75, 3.05) is 31.1 Å². The van der Waals surface area contributed by atoms with Gasteiger partial charge < -0.3 is 4.90 Å². The molecule has 0 bridgehead atoms. The summed E-state index contributed by atoms with van der Waals surface area (Å²) < 4.78 is 0. The van der Waals surface area contributed by atoms with Gasteiger partial charge in [0, 0.05) is 31.2 Å². The molecule has 0 aliphatic carbocycles. The maximum atomic E-state index is 6.23. The van der Waals surface area contributed by atoms with Crippen molar-refractivity contribution in [3.05, 3.63) is 17.0 Å².